The molecule has 41 heavy (non-hydrogen) atoms. The van der Waals surface area contributed by atoms with Crippen LogP contribution in [0.25, 0.3) is 0 Å². The Labute approximate surface area is 253 Å². The van der Waals surface area contributed by atoms with E-state index in [-0.39, 0.29) is 44.2 Å². The van der Waals surface area contributed by atoms with E-state index in [4.69, 9.17) is 33.7 Å². The van der Waals surface area contributed by atoms with E-state index in [0.29, 0.717) is 29.5 Å². The molecule has 0 spiro atoms. The summed E-state index contributed by atoms with van der Waals surface area (Å²) in [6, 6.07) is 14.3. The molecular weight excluding hydrogens is 667 g/mol. The normalized spacial score (nSPS) is 15.4. The SMILES string of the molecule is Cn1c(N=IOCCOc2cccc(C=[OH+])c2)c(NCc2ccc(Cl)cc2)c(=O)n(CCOC2CCCCO2)c1=O. The molecule has 4 rings (SSSR count). The van der Waals surface area contributed by atoms with Crippen molar-refractivity contribution in [2.75, 3.05) is 31.7 Å². The number of nitrogens with one attached hydrogen (secondary N) is 1. The number of ether oxygens (including phenoxy) is 3. The lowest BCUT2D eigenvalue weighted by Crippen LogP contribution is -2.41. The van der Waals surface area contributed by atoms with Gasteiger partial charge in [0.05, 0.1) is 25.3 Å². The van der Waals surface area contributed by atoms with E-state index in [1.54, 1.807) is 43.4 Å². The van der Waals surface area contributed by atoms with Crippen LogP contribution < -0.4 is 21.3 Å². The van der Waals surface area contributed by atoms with E-state index >= 15 is 0 Å². The molecular formula is C28H33ClIN4O7+. The predicted octanol–water partition coefficient (Wildman–Crippen LogP) is 4.67. The van der Waals surface area contributed by atoms with Crippen molar-refractivity contribution >= 4 is 50.8 Å². The Bertz CT molecular complexity index is 1450. The average molecular weight is 700 g/mol. The van der Waals surface area contributed by atoms with Gasteiger partial charge in [0.15, 0.2) is 33.6 Å². The van der Waals surface area contributed by atoms with Gasteiger partial charge in [0, 0.05) is 25.2 Å². The van der Waals surface area contributed by atoms with Gasteiger partial charge in [0.25, 0.3) is 5.56 Å². The summed E-state index contributed by atoms with van der Waals surface area (Å²) >= 11 is 4.79. The molecule has 220 valence electrons. The van der Waals surface area contributed by atoms with Gasteiger partial charge in [-0.25, -0.2) is 4.79 Å². The van der Waals surface area contributed by atoms with E-state index in [1.807, 2.05) is 12.1 Å². The molecule has 1 saturated heterocycles. The number of nitrogens with zero attached hydrogens (tertiary/aromatic N) is 3. The maximum Gasteiger partial charge on any atom is 0.332 e. The molecule has 2 heterocycles. The summed E-state index contributed by atoms with van der Waals surface area (Å²) in [6.45, 7) is 1.77. The Morgan fingerprint density at radius 2 is 2.00 bits per heavy atom. The molecule has 1 fully saturated rings. The molecule has 1 unspecified atom stereocenters. The number of aldehydes is 1. The van der Waals surface area contributed by atoms with Gasteiger partial charge >= 0.3 is 12.0 Å². The van der Waals surface area contributed by atoms with Crippen molar-refractivity contribution in [2.45, 2.75) is 38.6 Å². The molecule has 0 bridgehead atoms. The van der Waals surface area contributed by atoms with E-state index in [1.165, 1.54) is 4.57 Å². The minimum Gasteiger partial charge on any atom is -0.491 e. The number of hydrogen-bond acceptors (Lipinski definition) is 8. The topological polar surface area (TPSA) is 127 Å². The van der Waals surface area contributed by atoms with Crippen LogP contribution in [-0.4, -0.2) is 52.9 Å². The van der Waals surface area contributed by atoms with Gasteiger partial charge in [-0.1, -0.05) is 29.8 Å². The van der Waals surface area contributed by atoms with Crippen LogP contribution >= 0.6 is 33.0 Å². The monoisotopic (exact) mass is 699 g/mol. The van der Waals surface area contributed by atoms with Crippen LogP contribution in [0.4, 0.5) is 11.5 Å². The molecule has 1 aliphatic heterocycles. The first-order valence-corrected chi connectivity index (χ1v) is 15.4. The highest BCUT2D eigenvalue weighted by Crippen LogP contribution is 2.25. The highest BCUT2D eigenvalue weighted by atomic mass is 127. The van der Waals surface area contributed by atoms with Gasteiger partial charge in [-0.3, -0.25) is 18.7 Å². The van der Waals surface area contributed by atoms with Gasteiger partial charge in [-0.05, 0) is 55.2 Å². The van der Waals surface area contributed by atoms with Crippen molar-refractivity contribution in [3.05, 3.63) is 85.5 Å². The van der Waals surface area contributed by atoms with Crippen molar-refractivity contribution in [1.29, 1.82) is 0 Å². The third-order valence-electron chi connectivity index (χ3n) is 6.26. The van der Waals surface area contributed by atoms with Crippen LogP contribution in [-0.2, 0) is 32.7 Å². The van der Waals surface area contributed by atoms with Crippen LogP contribution in [0.5, 0.6) is 5.75 Å². The number of aromatic nitrogens is 2. The molecule has 0 radical (unpaired) electrons. The third-order valence-corrected chi connectivity index (χ3v) is 7.88. The average Bonchev–Trinajstić information content (AvgIpc) is 3.00. The standard InChI is InChI=1S/C28H32ClIN4O7/c1-33-26(32-30-41-16-15-38-23-6-4-5-21(17-23)19-35)25(31-18-20-8-10-22(29)11-9-20)27(36)34(28(33)37)12-14-40-24-7-2-3-13-39-24/h4-6,8-11,17,19,24,31H,2-3,7,12-16,18H2,1H3/p+1. The zero-order chi connectivity index (χ0) is 29.0. The van der Waals surface area contributed by atoms with Crippen molar-refractivity contribution < 1.29 is 22.1 Å². The van der Waals surface area contributed by atoms with Crippen LogP contribution in [0.15, 0.2) is 61.3 Å². The van der Waals surface area contributed by atoms with Crippen LogP contribution in [0.2, 0.25) is 5.02 Å². The summed E-state index contributed by atoms with van der Waals surface area (Å²) in [5, 5.41) is 3.78. The largest absolute Gasteiger partial charge is 0.491 e. The van der Waals surface area contributed by atoms with E-state index < -0.39 is 32.7 Å². The van der Waals surface area contributed by atoms with E-state index in [0.717, 1.165) is 35.7 Å². The van der Waals surface area contributed by atoms with Crippen LogP contribution in [0.3, 0.4) is 0 Å². The van der Waals surface area contributed by atoms with E-state index in [9.17, 15) is 9.59 Å². The second-order valence-corrected chi connectivity index (χ2v) is 11.1. The number of benzene rings is 2. The molecule has 1 atom stereocenters. The molecule has 13 heteroatoms. The maximum absolute atomic E-state index is 13.5. The van der Waals surface area contributed by atoms with E-state index in [2.05, 4.69) is 8.46 Å². The summed E-state index contributed by atoms with van der Waals surface area (Å²) in [5.74, 6) is 0.826. The molecule has 11 nitrogen and oxygen atoms in total. The molecule has 0 aliphatic carbocycles. The minimum absolute atomic E-state index is 0.0827. The fraction of sp³-hybridized carbons (Fsp3) is 0.393. The van der Waals surface area contributed by atoms with Crippen molar-refractivity contribution in [1.82, 2.24) is 9.13 Å². The Balaban J connectivity index is 1.46. The van der Waals surface area contributed by atoms with Crippen LogP contribution in [0.1, 0.15) is 30.4 Å². The van der Waals surface area contributed by atoms with Gasteiger partial charge in [0.2, 0.25) is 0 Å². The molecule has 2 aromatic carbocycles. The van der Waals surface area contributed by atoms with Gasteiger partial charge < -0.3 is 22.6 Å². The van der Waals surface area contributed by atoms with Crippen molar-refractivity contribution in [2.24, 2.45) is 10.2 Å². The summed E-state index contributed by atoms with van der Waals surface area (Å²) < 4.78 is 29.7. The maximum atomic E-state index is 13.5. The van der Waals surface area contributed by atoms with Crippen molar-refractivity contribution in [3.8, 4) is 5.75 Å². The van der Waals surface area contributed by atoms with Gasteiger partial charge in [0.1, 0.15) is 18.0 Å². The first kappa shape index (κ1) is 31.0. The Morgan fingerprint density at radius 1 is 1.17 bits per heavy atom. The van der Waals surface area contributed by atoms with Gasteiger partial charge in [-0.2, -0.15) is 3.15 Å². The lowest BCUT2D eigenvalue weighted by atomic mass is 10.2. The predicted molar refractivity (Wildman–Crippen MR) is 165 cm³/mol. The summed E-state index contributed by atoms with van der Waals surface area (Å²) in [5.41, 5.74) is 0.763. The lowest BCUT2D eigenvalue weighted by molar-refractivity contribution is -0.163. The number of halogens is 2. The number of hydrogen-bond donors (Lipinski definition) is 1. The summed E-state index contributed by atoms with van der Waals surface area (Å²) in [7, 11) is 1.58. The lowest BCUT2D eigenvalue weighted by Gasteiger charge is -2.23. The first-order valence-electron chi connectivity index (χ1n) is 13.2. The molecule has 3 aromatic rings. The zero-order valence-corrected chi connectivity index (χ0v) is 25.5. The fourth-order valence-corrected chi connectivity index (χ4v) is 5.48. The minimum atomic E-state index is -1.21. The molecule has 0 amide bonds. The third kappa shape index (κ3) is 9.04. The molecule has 1 aliphatic rings. The summed E-state index contributed by atoms with van der Waals surface area (Å²) in [6.07, 6.45) is 3.50. The highest BCUT2D eigenvalue weighted by Gasteiger charge is 2.19. The van der Waals surface area contributed by atoms with Gasteiger partial charge in [-0.15, -0.1) is 0 Å². The quantitative estimate of drug-likeness (QED) is 0.112. The second-order valence-electron chi connectivity index (χ2n) is 9.16. The second kappa shape index (κ2) is 15.9. The van der Waals surface area contributed by atoms with Crippen LogP contribution in [0, 0.1) is 0 Å². The molecule has 0 saturated carbocycles. The number of anilines is 1. The number of carbonyl (C=O) groups excluding carboxylic acids is 1. The van der Waals surface area contributed by atoms with Crippen molar-refractivity contribution in [3.63, 3.8) is 0 Å². The highest BCUT2D eigenvalue weighted by molar-refractivity contribution is 14.1. The Morgan fingerprint density at radius 3 is 2.76 bits per heavy atom. The molecule has 1 aromatic heterocycles. The Kier molecular flexibility index (Phi) is 12.0. The number of rotatable bonds is 14. The fourth-order valence-electron chi connectivity index (χ4n) is 4.09. The first-order chi connectivity index (χ1) is 20.0. The zero-order valence-electron chi connectivity index (χ0n) is 22.6. The summed E-state index contributed by atoms with van der Waals surface area (Å²) in [4.78, 5) is 35.8. The smallest absolute Gasteiger partial charge is 0.332 e. The Hall–Kier alpha value is -2.91. The molecule has 2 N–H and O–H groups in total.